The SMILES string of the molecule is O=C(CCc1ccco1)NC1CCOC1=O. The molecule has 1 saturated heterocycles. The Morgan fingerprint density at radius 3 is 3.06 bits per heavy atom. The van der Waals surface area contributed by atoms with Gasteiger partial charge in [-0.15, -0.1) is 0 Å². The van der Waals surface area contributed by atoms with Crippen molar-refractivity contribution in [1.29, 1.82) is 0 Å². The van der Waals surface area contributed by atoms with Crippen molar-refractivity contribution in [1.82, 2.24) is 5.32 Å². The standard InChI is InChI=1S/C11H13NO4/c13-10(4-3-8-2-1-6-15-8)12-9-5-7-16-11(9)14/h1-2,6,9H,3-5,7H2,(H,12,13). The lowest BCUT2D eigenvalue weighted by Gasteiger charge is -2.07. The fourth-order valence-electron chi connectivity index (χ4n) is 1.58. The summed E-state index contributed by atoms with van der Waals surface area (Å²) in [7, 11) is 0. The van der Waals surface area contributed by atoms with E-state index in [4.69, 9.17) is 9.15 Å². The molecule has 86 valence electrons. The van der Waals surface area contributed by atoms with E-state index in [1.807, 2.05) is 6.07 Å². The minimum atomic E-state index is -0.468. The van der Waals surface area contributed by atoms with Crippen LogP contribution in [0.1, 0.15) is 18.6 Å². The van der Waals surface area contributed by atoms with E-state index >= 15 is 0 Å². The van der Waals surface area contributed by atoms with Crippen molar-refractivity contribution >= 4 is 11.9 Å². The van der Waals surface area contributed by atoms with E-state index in [-0.39, 0.29) is 11.9 Å². The van der Waals surface area contributed by atoms with Crippen LogP contribution in [0.15, 0.2) is 22.8 Å². The molecule has 0 bridgehead atoms. The quantitative estimate of drug-likeness (QED) is 0.761. The molecule has 0 spiro atoms. The zero-order valence-corrected chi connectivity index (χ0v) is 8.77. The van der Waals surface area contributed by atoms with Crippen LogP contribution >= 0.6 is 0 Å². The Bertz CT molecular complexity index is 371. The number of aryl methyl sites for hydroxylation is 1. The van der Waals surface area contributed by atoms with Crippen LogP contribution in [0.2, 0.25) is 0 Å². The highest BCUT2D eigenvalue weighted by Gasteiger charge is 2.27. The number of nitrogens with one attached hydrogen (secondary N) is 1. The van der Waals surface area contributed by atoms with Crippen LogP contribution in [0, 0.1) is 0 Å². The maximum absolute atomic E-state index is 11.5. The molecule has 1 amide bonds. The molecular formula is C11H13NO4. The second kappa shape index (κ2) is 4.83. The highest BCUT2D eigenvalue weighted by atomic mass is 16.5. The van der Waals surface area contributed by atoms with Crippen LogP contribution in [-0.4, -0.2) is 24.5 Å². The summed E-state index contributed by atoms with van der Waals surface area (Å²) >= 11 is 0. The summed E-state index contributed by atoms with van der Waals surface area (Å²) < 4.78 is 9.85. The minimum Gasteiger partial charge on any atom is -0.469 e. The number of ether oxygens (including phenoxy) is 1. The van der Waals surface area contributed by atoms with Crippen molar-refractivity contribution in [3.05, 3.63) is 24.2 Å². The molecule has 5 nitrogen and oxygen atoms in total. The lowest BCUT2D eigenvalue weighted by Crippen LogP contribution is -2.37. The third-order valence-electron chi connectivity index (χ3n) is 2.45. The number of hydrogen-bond donors (Lipinski definition) is 1. The van der Waals surface area contributed by atoms with Gasteiger partial charge in [0, 0.05) is 19.3 Å². The van der Waals surface area contributed by atoms with Gasteiger partial charge < -0.3 is 14.5 Å². The summed E-state index contributed by atoms with van der Waals surface area (Å²) in [6.07, 6.45) is 2.99. The normalized spacial score (nSPS) is 19.5. The molecule has 1 aliphatic rings. The van der Waals surface area contributed by atoms with Gasteiger partial charge in [0.2, 0.25) is 5.91 Å². The first-order valence-electron chi connectivity index (χ1n) is 5.24. The number of amides is 1. The Balaban J connectivity index is 1.74. The Morgan fingerprint density at radius 2 is 2.44 bits per heavy atom. The summed E-state index contributed by atoms with van der Waals surface area (Å²) in [5.41, 5.74) is 0. The Labute approximate surface area is 92.8 Å². The van der Waals surface area contributed by atoms with E-state index in [9.17, 15) is 9.59 Å². The van der Waals surface area contributed by atoms with Gasteiger partial charge in [-0.05, 0) is 12.1 Å². The molecule has 0 aromatic carbocycles. The molecule has 1 aliphatic heterocycles. The van der Waals surface area contributed by atoms with Crippen molar-refractivity contribution in [2.24, 2.45) is 0 Å². The lowest BCUT2D eigenvalue weighted by atomic mass is 10.2. The number of furan rings is 1. The highest BCUT2D eigenvalue weighted by molar-refractivity contribution is 5.85. The van der Waals surface area contributed by atoms with E-state index < -0.39 is 6.04 Å². The van der Waals surface area contributed by atoms with Crippen molar-refractivity contribution in [3.63, 3.8) is 0 Å². The summed E-state index contributed by atoms with van der Waals surface area (Å²) in [5, 5.41) is 2.64. The fraction of sp³-hybridized carbons (Fsp3) is 0.455. The molecule has 1 N–H and O–H groups in total. The second-order valence-electron chi connectivity index (χ2n) is 3.66. The third-order valence-corrected chi connectivity index (χ3v) is 2.45. The molecule has 1 atom stereocenters. The lowest BCUT2D eigenvalue weighted by molar-refractivity contribution is -0.141. The molecule has 5 heteroatoms. The first-order chi connectivity index (χ1) is 7.75. The van der Waals surface area contributed by atoms with Gasteiger partial charge in [-0.2, -0.15) is 0 Å². The average Bonchev–Trinajstić information content (AvgIpc) is 2.88. The average molecular weight is 223 g/mol. The maximum Gasteiger partial charge on any atom is 0.328 e. The molecule has 2 rings (SSSR count). The summed E-state index contributed by atoms with van der Waals surface area (Å²) in [6, 6.07) is 3.13. The molecule has 16 heavy (non-hydrogen) atoms. The minimum absolute atomic E-state index is 0.153. The molecular weight excluding hydrogens is 210 g/mol. The molecule has 1 aromatic rings. The molecule has 1 aromatic heterocycles. The second-order valence-corrected chi connectivity index (χ2v) is 3.66. The van der Waals surface area contributed by atoms with E-state index in [1.165, 1.54) is 0 Å². The first-order valence-corrected chi connectivity index (χ1v) is 5.24. The van der Waals surface area contributed by atoms with Gasteiger partial charge in [-0.3, -0.25) is 4.79 Å². The molecule has 0 saturated carbocycles. The van der Waals surface area contributed by atoms with Crippen molar-refractivity contribution < 1.29 is 18.7 Å². The van der Waals surface area contributed by atoms with Crippen molar-refractivity contribution in [2.75, 3.05) is 6.61 Å². The van der Waals surface area contributed by atoms with Crippen LogP contribution < -0.4 is 5.32 Å². The Kier molecular flexibility index (Phi) is 3.24. The largest absolute Gasteiger partial charge is 0.469 e. The smallest absolute Gasteiger partial charge is 0.328 e. The van der Waals surface area contributed by atoms with E-state index in [1.54, 1.807) is 12.3 Å². The van der Waals surface area contributed by atoms with Crippen molar-refractivity contribution in [3.8, 4) is 0 Å². The van der Waals surface area contributed by atoms with Crippen molar-refractivity contribution in [2.45, 2.75) is 25.3 Å². The zero-order chi connectivity index (χ0) is 11.4. The van der Waals surface area contributed by atoms with Gasteiger partial charge in [-0.25, -0.2) is 4.79 Å². The fourth-order valence-corrected chi connectivity index (χ4v) is 1.58. The first kappa shape index (κ1) is 10.7. The summed E-state index contributed by atoms with van der Waals surface area (Å²) in [6.45, 7) is 0.391. The number of hydrogen-bond acceptors (Lipinski definition) is 4. The van der Waals surface area contributed by atoms with Crippen LogP contribution in [0.5, 0.6) is 0 Å². The van der Waals surface area contributed by atoms with Gasteiger partial charge in [-0.1, -0.05) is 0 Å². The molecule has 0 aliphatic carbocycles. The summed E-state index contributed by atoms with van der Waals surface area (Å²) in [5.74, 6) is 0.274. The Hall–Kier alpha value is -1.78. The van der Waals surface area contributed by atoms with Crippen LogP contribution in [0.3, 0.4) is 0 Å². The number of carbonyl (C=O) groups is 2. The Morgan fingerprint density at radius 1 is 1.56 bits per heavy atom. The topological polar surface area (TPSA) is 68.5 Å². The maximum atomic E-state index is 11.5. The monoisotopic (exact) mass is 223 g/mol. The number of esters is 1. The van der Waals surface area contributed by atoms with Gasteiger partial charge >= 0.3 is 5.97 Å². The van der Waals surface area contributed by atoms with Gasteiger partial charge in [0.25, 0.3) is 0 Å². The van der Waals surface area contributed by atoms with Gasteiger partial charge in [0.1, 0.15) is 11.8 Å². The number of carbonyl (C=O) groups excluding carboxylic acids is 2. The molecule has 2 heterocycles. The van der Waals surface area contributed by atoms with Crippen LogP contribution in [0.4, 0.5) is 0 Å². The molecule has 1 unspecified atom stereocenters. The predicted octanol–water partition coefficient (Wildman–Crippen LogP) is 0.644. The zero-order valence-electron chi connectivity index (χ0n) is 8.77. The van der Waals surface area contributed by atoms with Gasteiger partial charge in [0.05, 0.1) is 12.9 Å². The number of rotatable bonds is 4. The highest BCUT2D eigenvalue weighted by Crippen LogP contribution is 2.07. The molecule has 1 fully saturated rings. The van der Waals surface area contributed by atoms with E-state index in [0.717, 1.165) is 5.76 Å². The van der Waals surface area contributed by atoms with Crippen LogP contribution in [-0.2, 0) is 20.7 Å². The third kappa shape index (κ3) is 2.62. The van der Waals surface area contributed by atoms with E-state index in [0.29, 0.717) is 25.9 Å². The molecule has 0 radical (unpaired) electrons. The van der Waals surface area contributed by atoms with Crippen LogP contribution in [0.25, 0.3) is 0 Å². The van der Waals surface area contributed by atoms with Gasteiger partial charge in [0.15, 0.2) is 0 Å². The summed E-state index contributed by atoms with van der Waals surface area (Å²) in [4.78, 5) is 22.6. The van der Waals surface area contributed by atoms with E-state index in [2.05, 4.69) is 5.32 Å². The number of cyclic esters (lactones) is 1. The predicted molar refractivity (Wildman–Crippen MR) is 54.5 cm³/mol.